The van der Waals surface area contributed by atoms with Crippen molar-refractivity contribution in [1.29, 1.82) is 0 Å². The van der Waals surface area contributed by atoms with Crippen LogP contribution in [0.4, 0.5) is 0 Å². The molecule has 3 aromatic carbocycles. The van der Waals surface area contributed by atoms with Crippen LogP contribution < -0.4 is 9.47 Å². The van der Waals surface area contributed by atoms with Crippen LogP contribution in [0.15, 0.2) is 64.2 Å². The molecule has 0 fully saturated rings. The van der Waals surface area contributed by atoms with E-state index >= 15 is 0 Å². The van der Waals surface area contributed by atoms with Gasteiger partial charge >= 0.3 is 0 Å². The molecule has 0 spiro atoms. The normalized spacial score (nSPS) is 19.4. The van der Waals surface area contributed by atoms with Gasteiger partial charge in [0.1, 0.15) is 17.2 Å². The number of fused-ring (bicyclic) bond motifs is 3. The average molecular weight is 520 g/mol. The first-order valence-electron chi connectivity index (χ1n) is 9.59. The summed E-state index contributed by atoms with van der Waals surface area (Å²) in [5, 5.41) is 18.3. The molecule has 0 saturated carbocycles. The summed E-state index contributed by atoms with van der Waals surface area (Å²) in [4.78, 5) is 0. The number of benzene rings is 3. The molecule has 0 aromatic heterocycles. The number of phenolic OH excluding ortho intramolecular Hbond substituents is 1. The average Bonchev–Trinajstić information content (AvgIpc) is 3.21. The van der Waals surface area contributed by atoms with Gasteiger partial charge in [-0.1, -0.05) is 39.1 Å². The number of phenols is 1. The van der Waals surface area contributed by atoms with E-state index in [4.69, 9.17) is 37.8 Å². The number of methoxy groups -OCH3 is 1. The molecular formula is C23H17BrCl2N2O3. The minimum absolute atomic E-state index is 0.119. The van der Waals surface area contributed by atoms with Gasteiger partial charge in [-0.3, -0.25) is 0 Å². The summed E-state index contributed by atoms with van der Waals surface area (Å²) in [5.41, 5.74) is 3.35. The molecule has 3 aromatic rings. The summed E-state index contributed by atoms with van der Waals surface area (Å²) >= 11 is 16.3. The van der Waals surface area contributed by atoms with Gasteiger partial charge in [0.25, 0.3) is 0 Å². The molecule has 2 unspecified atom stereocenters. The zero-order valence-electron chi connectivity index (χ0n) is 16.3. The summed E-state index contributed by atoms with van der Waals surface area (Å²) in [5.74, 6) is 1.46. The first-order valence-corrected chi connectivity index (χ1v) is 11.1. The third-order valence-corrected chi connectivity index (χ3v) is 6.48. The Morgan fingerprint density at radius 2 is 1.87 bits per heavy atom. The van der Waals surface area contributed by atoms with Crippen LogP contribution in [0, 0.1) is 0 Å². The number of ether oxygens (including phenoxy) is 2. The molecule has 8 heteroatoms. The zero-order chi connectivity index (χ0) is 21.7. The summed E-state index contributed by atoms with van der Waals surface area (Å²) in [6, 6.07) is 16.4. The van der Waals surface area contributed by atoms with Crippen LogP contribution in [0.3, 0.4) is 0 Å². The Labute approximate surface area is 197 Å². The van der Waals surface area contributed by atoms with E-state index in [1.807, 2.05) is 41.4 Å². The topological polar surface area (TPSA) is 54.3 Å². The standard InChI is InChI=1S/C23H17BrCl2N2O3/c1-30-15-5-2-12(3-6-15)19-11-20-16-9-14(25)10-18(26)22(16)31-23(28(20)27-19)17-8-13(24)4-7-21(17)29/h2-10,20,23,29H,11H2,1H3. The minimum atomic E-state index is -0.649. The largest absolute Gasteiger partial charge is 0.507 e. The minimum Gasteiger partial charge on any atom is -0.507 e. The summed E-state index contributed by atoms with van der Waals surface area (Å²) in [6.07, 6.45) is -0.00520. The molecule has 1 N–H and O–H groups in total. The molecule has 0 amide bonds. The van der Waals surface area contributed by atoms with Crippen molar-refractivity contribution in [3.8, 4) is 17.2 Å². The summed E-state index contributed by atoms with van der Waals surface area (Å²) in [6.45, 7) is 0. The molecule has 31 heavy (non-hydrogen) atoms. The second-order valence-corrected chi connectivity index (χ2v) is 9.11. The van der Waals surface area contributed by atoms with Crippen LogP contribution in [0.25, 0.3) is 0 Å². The lowest BCUT2D eigenvalue weighted by Crippen LogP contribution is -2.34. The number of hydrogen-bond acceptors (Lipinski definition) is 5. The van der Waals surface area contributed by atoms with Gasteiger partial charge in [-0.2, -0.15) is 5.10 Å². The lowest BCUT2D eigenvalue weighted by atomic mass is 9.95. The van der Waals surface area contributed by atoms with E-state index in [9.17, 15) is 5.11 Å². The number of aromatic hydroxyl groups is 1. The van der Waals surface area contributed by atoms with Crippen molar-refractivity contribution in [1.82, 2.24) is 5.01 Å². The van der Waals surface area contributed by atoms with E-state index in [1.54, 1.807) is 25.3 Å². The van der Waals surface area contributed by atoms with Crippen LogP contribution in [0.2, 0.25) is 10.0 Å². The highest BCUT2D eigenvalue weighted by molar-refractivity contribution is 9.10. The van der Waals surface area contributed by atoms with Gasteiger partial charge in [0.2, 0.25) is 6.23 Å². The maximum Gasteiger partial charge on any atom is 0.217 e. The predicted molar refractivity (Wildman–Crippen MR) is 124 cm³/mol. The van der Waals surface area contributed by atoms with Crippen LogP contribution in [-0.4, -0.2) is 22.9 Å². The van der Waals surface area contributed by atoms with E-state index in [1.165, 1.54) is 0 Å². The van der Waals surface area contributed by atoms with E-state index in [-0.39, 0.29) is 11.8 Å². The molecule has 0 saturated heterocycles. The molecule has 0 bridgehead atoms. The van der Waals surface area contributed by atoms with Crippen molar-refractivity contribution >= 4 is 44.8 Å². The van der Waals surface area contributed by atoms with Crippen LogP contribution in [0.1, 0.15) is 35.4 Å². The number of rotatable bonds is 3. The highest BCUT2D eigenvalue weighted by Gasteiger charge is 2.43. The van der Waals surface area contributed by atoms with Crippen molar-refractivity contribution in [2.45, 2.75) is 18.7 Å². The van der Waals surface area contributed by atoms with E-state index < -0.39 is 6.23 Å². The van der Waals surface area contributed by atoms with Gasteiger partial charge < -0.3 is 14.6 Å². The van der Waals surface area contributed by atoms with Gasteiger partial charge in [-0.05, 0) is 60.2 Å². The molecule has 2 aliphatic rings. The molecule has 5 rings (SSSR count). The van der Waals surface area contributed by atoms with Crippen molar-refractivity contribution in [3.05, 3.63) is 85.8 Å². The second kappa shape index (κ2) is 7.93. The van der Waals surface area contributed by atoms with E-state index in [0.717, 1.165) is 27.1 Å². The van der Waals surface area contributed by atoms with Crippen LogP contribution in [-0.2, 0) is 0 Å². The molecule has 0 radical (unpaired) electrons. The number of halogens is 3. The van der Waals surface area contributed by atoms with Gasteiger partial charge in [0, 0.05) is 21.5 Å². The molecular weight excluding hydrogens is 503 g/mol. The Morgan fingerprint density at radius 3 is 2.61 bits per heavy atom. The van der Waals surface area contributed by atoms with Crippen molar-refractivity contribution in [2.24, 2.45) is 5.10 Å². The predicted octanol–water partition coefficient (Wildman–Crippen LogP) is 6.71. The molecule has 2 aliphatic heterocycles. The van der Waals surface area contributed by atoms with E-state index in [0.29, 0.717) is 27.8 Å². The first-order chi connectivity index (χ1) is 14.9. The van der Waals surface area contributed by atoms with Crippen LogP contribution >= 0.6 is 39.1 Å². The third-order valence-electron chi connectivity index (χ3n) is 5.49. The van der Waals surface area contributed by atoms with Gasteiger partial charge in [-0.25, -0.2) is 5.01 Å². The Kier molecular flexibility index (Phi) is 5.24. The zero-order valence-corrected chi connectivity index (χ0v) is 19.4. The lowest BCUT2D eigenvalue weighted by molar-refractivity contribution is -0.0202. The van der Waals surface area contributed by atoms with Crippen molar-refractivity contribution in [3.63, 3.8) is 0 Å². The SMILES string of the molecule is COc1ccc(C2=NN3C(C2)c2cc(Cl)cc(Cl)c2OC3c2cc(Br)ccc2O)cc1. The maximum atomic E-state index is 10.6. The Bertz CT molecular complexity index is 1200. The lowest BCUT2D eigenvalue weighted by Gasteiger charge is -2.38. The molecule has 0 aliphatic carbocycles. The molecule has 2 atom stereocenters. The van der Waals surface area contributed by atoms with Crippen molar-refractivity contribution in [2.75, 3.05) is 7.11 Å². The van der Waals surface area contributed by atoms with Gasteiger partial charge in [0.05, 0.1) is 29.4 Å². The van der Waals surface area contributed by atoms with Gasteiger partial charge in [-0.15, -0.1) is 0 Å². The fourth-order valence-corrected chi connectivity index (χ4v) is 4.93. The van der Waals surface area contributed by atoms with Gasteiger partial charge in [0.15, 0.2) is 0 Å². The quantitative estimate of drug-likeness (QED) is 0.417. The second-order valence-electron chi connectivity index (χ2n) is 7.35. The monoisotopic (exact) mass is 518 g/mol. The molecule has 158 valence electrons. The Morgan fingerprint density at radius 1 is 1.10 bits per heavy atom. The van der Waals surface area contributed by atoms with Crippen molar-refractivity contribution < 1.29 is 14.6 Å². The third kappa shape index (κ3) is 3.63. The Hall–Kier alpha value is -2.41. The number of hydrogen-bond donors (Lipinski definition) is 1. The van der Waals surface area contributed by atoms with E-state index in [2.05, 4.69) is 15.9 Å². The molecule has 5 nitrogen and oxygen atoms in total. The number of hydrazone groups is 1. The highest BCUT2D eigenvalue weighted by atomic mass is 79.9. The fraction of sp³-hybridized carbons (Fsp3) is 0.174. The first kappa shape index (κ1) is 20.5. The Balaban J connectivity index is 1.63. The highest BCUT2D eigenvalue weighted by Crippen LogP contribution is 2.52. The summed E-state index contributed by atoms with van der Waals surface area (Å²) in [7, 11) is 1.64. The molecule has 2 heterocycles. The summed E-state index contributed by atoms with van der Waals surface area (Å²) < 4.78 is 12.4. The number of nitrogens with zero attached hydrogens (tertiary/aromatic N) is 2. The maximum absolute atomic E-state index is 10.6. The fourth-order valence-electron chi connectivity index (χ4n) is 4.00. The van der Waals surface area contributed by atoms with Crippen LogP contribution in [0.5, 0.6) is 17.2 Å². The smallest absolute Gasteiger partial charge is 0.217 e.